The molecule has 5 heteroatoms. The zero-order valence-corrected chi connectivity index (χ0v) is 16.3. The van der Waals surface area contributed by atoms with E-state index in [9.17, 15) is 9.59 Å². The Bertz CT molecular complexity index is 969. The minimum atomic E-state index is -0.481. The summed E-state index contributed by atoms with van der Waals surface area (Å²) in [5.41, 5.74) is 3.56. The van der Waals surface area contributed by atoms with Gasteiger partial charge < -0.3 is 14.8 Å². The van der Waals surface area contributed by atoms with Crippen molar-refractivity contribution in [2.75, 3.05) is 18.5 Å². The lowest BCUT2D eigenvalue weighted by atomic mass is 10.0. The van der Waals surface area contributed by atoms with Crippen molar-refractivity contribution in [3.8, 4) is 16.9 Å². The molecule has 0 atom stereocenters. The molecule has 1 N–H and O–H groups in total. The standard InChI is InChI=1S/C24H23NO4/c1-18-9-5-8-14-22(18)28-16-15-24(27)29-17-23(26)25-21-13-7-6-12-20(21)19-10-3-2-4-11-19/h2-14H,15-17H2,1H3,(H,25,26). The molecule has 148 valence electrons. The van der Waals surface area contributed by atoms with Crippen LogP contribution >= 0.6 is 0 Å². The average molecular weight is 389 g/mol. The summed E-state index contributed by atoms with van der Waals surface area (Å²) < 4.78 is 10.6. The van der Waals surface area contributed by atoms with E-state index in [0.29, 0.717) is 5.69 Å². The highest BCUT2D eigenvalue weighted by atomic mass is 16.5. The number of esters is 1. The summed E-state index contributed by atoms with van der Waals surface area (Å²) >= 11 is 0. The Labute approximate surface area is 170 Å². The van der Waals surface area contributed by atoms with Crippen LogP contribution in [0.2, 0.25) is 0 Å². The number of para-hydroxylation sites is 2. The third-order valence-corrected chi connectivity index (χ3v) is 4.31. The van der Waals surface area contributed by atoms with E-state index >= 15 is 0 Å². The van der Waals surface area contributed by atoms with E-state index in [0.717, 1.165) is 22.4 Å². The summed E-state index contributed by atoms with van der Waals surface area (Å²) in [6, 6.07) is 24.8. The first-order valence-corrected chi connectivity index (χ1v) is 9.42. The van der Waals surface area contributed by atoms with Crippen molar-refractivity contribution in [2.24, 2.45) is 0 Å². The van der Waals surface area contributed by atoms with E-state index < -0.39 is 5.97 Å². The predicted molar refractivity (Wildman–Crippen MR) is 113 cm³/mol. The maximum Gasteiger partial charge on any atom is 0.309 e. The van der Waals surface area contributed by atoms with Crippen LogP contribution in [0.1, 0.15) is 12.0 Å². The first-order chi connectivity index (χ1) is 14.1. The molecule has 1 amide bonds. The number of benzene rings is 3. The van der Waals surface area contributed by atoms with Gasteiger partial charge in [0.1, 0.15) is 5.75 Å². The van der Waals surface area contributed by atoms with Gasteiger partial charge in [0.25, 0.3) is 5.91 Å². The van der Waals surface area contributed by atoms with Gasteiger partial charge >= 0.3 is 5.97 Å². The first kappa shape index (κ1) is 20.1. The summed E-state index contributed by atoms with van der Waals surface area (Å²) in [6.45, 7) is 1.79. The van der Waals surface area contributed by atoms with E-state index in [-0.39, 0.29) is 25.5 Å². The molecule has 0 unspecified atom stereocenters. The number of amides is 1. The molecule has 29 heavy (non-hydrogen) atoms. The third kappa shape index (κ3) is 5.94. The van der Waals surface area contributed by atoms with Crippen LogP contribution < -0.4 is 10.1 Å². The van der Waals surface area contributed by atoms with Crippen molar-refractivity contribution in [3.05, 3.63) is 84.4 Å². The highest BCUT2D eigenvalue weighted by Gasteiger charge is 2.11. The van der Waals surface area contributed by atoms with Crippen molar-refractivity contribution >= 4 is 17.6 Å². The number of hydrogen-bond donors (Lipinski definition) is 1. The molecule has 3 aromatic carbocycles. The van der Waals surface area contributed by atoms with Gasteiger partial charge in [-0.25, -0.2) is 0 Å². The Hall–Kier alpha value is -3.60. The molecule has 0 aliphatic heterocycles. The van der Waals surface area contributed by atoms with Gasteiger partial charge in [-0.05, 0) is 30.2 Å². The number of hydrogen-bond acceptors (Lipinski definition) is 4. The molecule has 0 aliphatic carbocycles. The Kier molecular flexibility index (Phi) is 7.00. The second-order valence-electron chi connectivity index (χ2n) is 6.48. The highest BCUT2D eigenvalue weighted by Crippen LogP contribution is 2.27. The van der Waals surface area contributed by atoms with E-state index in [1.807, 2.05) is 85.8 Å². The molecular formula is C24H23NO4. The van der Waals surface area contributed by atoms with Crippen LogP contribution in [-0.4, -0.2) is 25.1 Å². The van der Waals surface area contributed by atoms with E-state index in [2.05, 4.69) is 5.32 Å². The van der Waals surface area contributed by atoms with Gasteiger partial charge in [0.05, 0.1) is 13.0 Å². The lowest BCUT2D eigenvalue weighted by molar-refractivity contribution is -0.147. The second-order valence-corrected chi connectivity index (χ2v) is 6.48. The molecule has 0 fully saturated rings. The Morgan fingerprint density at radius 2 is 1.55 bits per heavy atom. The molecule has 0 saturated carbocycles. The van der Waals surface area contributed by atoms with Crippen LogP contribution in [0.3, 0.4) is 0 Å². The van der Waals surface area contributed by atoms with Crippen LogP contribution in [0, 0.1) is 6.92 Å². The largest absolute Gasteiger partial charge is 0.493 e. The Morgan fingerprint density at radius 1 is 0.862 bits per heavy atom. The number of carbonyl (C=O) groups excluding carboxylic acids is 2. The summed E-state index contributed by atoms with van der Waals surface area (Å²) in [6.07, 6.45) is 0.0716. The number of nitrogens with one attached hydrogen (secondary N) is 1. The van der Waals surface area contributed by atoms with Gasteiger partial charge in [-0.2, -0.15) is 0 Å². The fourth-order valence-corrected chi connectivity index (χ4v) is 2.83. The summed E-state index contributed by atoms with van der Waals surface area (Å²) in [5.74, 6) is -0.137. The zero-order valence-electron chi connectivity index (χ0n) is 16.3. The van der Waals surface area contributed by atoms with Gasteiger partial charge in [0.15, 0.2) is 6.61 Å². The van der Waals surface area contributed by atoms with Crippen molar-refractivity contribution in [1.29, 1.82) is 0 Å². The Balaban J connectivity index is 1.47. The van der Waals surface area contributed by atoms with Gasteiger partial charge in [-0.1, -0.05) is 66.7 Å². The molecule has 0 radical (unpaired) electrons. The quantitative estimate of drug-likeness (QED) is 0.571. The lowest BCUT2D eigenvalue weighted by Crippen LogP contribution is -2.22. The van der Waals surface area contributed by atoms with E-state index in [1.165, 1.54) is 0 Å². The van der Waals surface area contributed by atoms with Crippen molar-refractivity contribution in [3.63, 3.8) is 0 Å². The molecule has 3 rings (SSSR count). The number of rotatable bonds is 8. The predicted octanol–water partition coefficient (Wildman–Crippen LogP) is 4.61. The van der Waals surface area contributed by atoms with Crippen LogP contribution in [0.5, 0.6) is 5.75 Å². The van der Waals surface area contributed by atoms with Crippen molar-refractivity contribution in [1.82, 2.24) is 0 Å². The van der Waals surface area contributed by atoms with E-state index in [4.69, 9.17) is 9.47 Å². The van der Waals surface area contributed by atoms with Gasteiger partial charge in [0, 0.05) is 11.3 Å². The van der Waals surface area contributed by atoms with Crippen molar-refractivity contribution in [2.45, 2.75) is 13.3 Å². The Morgan fingerprint density at radius 3 is 2.34 bits per heavy atom. The SMILES string of the molecule is Cc1ccccc1OCCC(=O)OCC(=O)Nc1ccccc1-c1ccccc1. The molecule has 0 aliphatic rings. The average Bonchev–Trinajstić information content (AvgIpc) is 2.75. The third-order valence-electron chi connectivity index (χ3n) is 4.31. The number of aryl methyl sites for hydroxylation is 1. The number of anilines is 1. The van der Waals surface area contributed by atoms with Crippen LogP contribution in [0.25, 0.3) is 11.1 Å². The van der Waals surface area contributed by atoms with E-state index in [1.54, 1.807) is 0 Å². The smallest absolute Gasteiger partial charge is 0.309 e. The summed E-state index contributed by atoms with van der Waals surface area (Å²) in [4.78, 5) is 24.1. The molecule has 3 aromatic rings. The molecule has 5 nitrogen and oxygen atoms in total. The molecular weight excluding hydrogens is 366 g/mol. The molecule has 0 spiro atoms. The summed E-state index contributed by atoms with van der Waals surface area (Å²) in [5, 5.41) is 2.81. The molecule has 0 aromatic heterocycles. The molecule has 0 bridgehead atoms. The van der Waals surface area contributed by atoms with Crippen LogP contribution in [0.15, 0.2) is 78.9 Å². The fraction of sp³-hybridized carbons (Fsp3) is 0.167. The van der Waals surface area contributed by atoms with Gasteiger partial charge in [-0.15, -0.1) is 0 Å². The zero-order chi connectivity index (χ0) is 20.5. The molecule has 0 saturated heterocycles. The lowest BCUT2D eigenvalue weighted by Gasteiger charge is -2.12. The second kappa shape index (κ2) is 10.1. The minimum absolute atomic E-state index is 0.0716. The topological polar surface area (TPSA) is 64.6 Å². The maximum absolute atomic E-state index is 12.2. The highest BCUT2D eigenvalue weighted by molar-refractivity contribution is 5.96. The molecule has 0 heterocycles. The van der Waals surface area contributed by atoms with Crippen molar-refractivity contribution < 1.29 is 19.1 Å². The minimum Gasteiger partial charge on any atom is -0.493 e. The fourth-order valence-electron chi connectivity index (χ4n) is 2.83. The first-order valence-electron chi connectivity index (χ1n) is 9.42. The number of ether oxygens (including phenoxy) is 2. The maximum atomic E-state index is 12.2. The monoisotopic (exact) mass is 389 g/mol. The van der Waals surface area contributed by atoms with Crippen LogP contribution in [-0.2, 0) is 14.3 Å². The van der Waals surface area contributed by atoms with Crippen LogP contribution in [0.4, 0.5) is 5.69 Å². The van der Waals surface area contributed by atoms with Gasteiger partial charge in [0.2, 0.25) is 0 Å². The summed E-state index contributed by atoms with van der Waals surface area (Å²) in [7, 11) is 0. The van der Waals surface area contributed by atoms with Gasteiger partial charge in [-0.3, -0.25) is 9.59 Å². The number of carbonyl (C=O) groups is 2. The normalized spacial score (nSPS) is 10.2.